The van der Waals surface area contributed by atoms with E-state index in [-0.39, 0.29) is 11.9 Å². The Morgan fingerprint density at radius 2 is 1.92 bits per heavy atom. The molecule has 4 nitrogen and oxygen atoms in total. The molecule has 2 heterocycles. The van der Waals surface area contributed by atoms with Crippen molar-refractivity contribution in [3.05, 3.63) is 65.0 Å². The van der Waals surface area contributed by atoms with E-state index in [1.165, 1.54) is 16.7 Å². The maximum Gasteiger partial charge on any atom is 0.224 e. The number of amides is 1. The van der Waals surface area contributed by atoms with E-state index in [0.29, 0.717) is 25.6 Å². The highest BCUT2D eigenvalue weighted by Crippen LogP contribution is 2.19. The minimum absolute atomic E-state index is 0.0634. The molecular weight excluding hydrogens is 300 g/mol. The average Bonchev–Trinajstić information content (AvgIpc) is 2.99. The van der Waals surface area contributed by atoms with Gasteiger partial charge in [-0.15, -0.1) is 0 Å². The maximum absolute atomic E-state index is 12.4. The van der Waals surface area contributed by atoms with Crippen molar-refractivity contribution in [1.82, 2.24) is 10.3 Å². The molecule has 1 amide bonds. The van der Waals surface area contributed by atoms with Crippen LogP contribution in [0.2, 0.25) is 0 Å². The van der Waals surface area contributed by atoms with Crippen LogP contribution in [0.3, 0.4) is 0 Å². The molecule has 0 spiro atoms. The summed E-state index contributed by atoms with van der Waals surface area (Å²) in [6, 6.07) is 10.3. The van der Waals surface area contributed by atoms with Gasteiger partial charge in [0.2, 0.25) is 5.91 Å². The van der Waals surface area contributed by atoms with Gasteiger partial charge in [-0.3, -0.25) is 9.78 Å². The van der Waals surface area contributed by atoms with Gasteiger partial charge in [0.1, 0.15) is 0 Å². The number of hydrogen-bond acceptors (Lipinski definition) is 3. The topological polar surface area (TPSA) is 51.2 Å². The number of benzene rings is 1. The Labute approximate surface area is 143 Å². The van der Waals surface area contributed by atoms with Crippen molar-refractivity contribution < 1.29 is 9.53 Å². The summed E-state index contributed by atoms with van der Waals surface area (Å²) < 4.78 is 5.60. The number of pyridine rings is 1. The Balaban J connectivity index is 1.57. The lowest BCUT2D eigenvalue weighted by Crippen LogP contribution is -2.41. The van der Waals surface area contributed by atoms with Crippen molar-refractivity contribution in [2.45, 2.75) is 32.7 Å². The van der Waals surface area contributed by atoms with E-state index < -0.39 is 0 Å². The van der Waals surface area contributed by atoms with Crippen LogP contribution in [0.25, 0.3) is 0 Å². The molecule has 3 rings (SSSR count). The Morgan fingerprint density at radius 1 is 1.12 bits per heavy atom. The van der Waals surface area contributed by atoms with Crippen molar-refractivity contribution in [1.29, 1.82) is 0 Å². The van der Waals surface area contributed by atoms with Gasteiger partial charge in [0.15, 0.2) is 0 Å². The molecule has 0 aliphatic carbocycles. The van der Waals surface area contributed by atoms with Crippen LogP contribution in [0.15, 0.2) is 42.7 Å². The second-order valence-corrected chi connectivity index (χ2v) is 6.63. The highest BCUT2D eigenvalue weighted by Gasteiger charge is 2.29. The lowest BCUT2D eigenvalue weighted by atomic mass is 9.95. The van der Waals surface area contributed by atoms with E-state index in [4.69, 9.17) is 4.74 Å². The standard InChI is InChI=1S/C20H24N2O2/c1-14-3-4-17(9-15(14)2)11-20(23)22-19-13-24-12-18(19)10-16-5-7-21-8-6-16/h3-9,18-19H,10-13H2,1-2H3,(H,22,23)/t18-,19-/m1/s1. The summed E-state index contributed by atoms with van der Waals surface area (Å²) in [7, 11) is 0. The minimum Gasteiger partial charge on any atom is -0.379 e. The summed E-state index contributed by atoms with van der Waals surface area (Å²) in [6.45, 7) is 5.44. The lowest BCUT2D eigenvalue weighted by molar-refractivity contribution is -0.121. The molecule has 24 heavy (non-hydrogen) atoms. The number of nitrogens with one attached hydrogen (secondary N) is 1. The molecule has 0 unspecified atom stereocenters. The van der Waals surface area contributed by atoms with Gasteiger partial charge in [0, 0.05) is 18.3 Å². The minimum atomic E-state index is 0.0634. The zero-order valence-electron chi connectivity index (χ0n) is 14.3. The molecule has 0 bridgehead atoms. The van der Waals surface area contributed by atoms with Crippen LogP contribution in [0.4, 0.5) is 0 Å². The van der Waals surface area contributed by atoms with Crippen molar-refractivity contribution in [2.75, 3.05) is 13.2 Å². The van der Waals surface area contributed by atoms with E-state index in [0.717, 1.165) is 12.0 Å². The first kappa shape index (κ1) is 16.7. The summed E-state index contributed by atoms with van der Waals surface area (Å²) in [6.07, 6.45) is 4.92. The SMILES string of the molecule is Cc1ccc(CC(=O)N[C@@H]2COC[C@H]2Cc2ccncc2)cc1C. The van der Waals surface area contributed by atoms with Gasteiger partial charge < -0.3 is 10.1 Å². The summed E-state index contributed by atoms with van der Waals surface area (Å²) in [5.74, 6) is 0.379. The van der Waals surface area contributed by atoms with Crippen LogP contribution in [-0.2, 0) is 22.4 Å². The number of aryl methyl sites for hydroxylation is 2. The average molecular weight is 324 g/mol. The third kappa shape index (κ3) is 4.20. The first-order valence-electron chi connectivity index (χ1n) is 8.44. The van der Waals surface area contributed by atoms with E-state index in [1.807, 2.05) is 18.2 Å². The van der Waals surface area contributed by atoms with Crippen molar-refractivity contribution in [3.63, 3.8) is 0 Å². The smallest absolute Gasteiger partial charge is 0.224 e. The molecule has 1 aliphatic rings. The van der Waals surface area contributed by atoms with Crippen molar-refractivity contribution in [3.8, 4) is 0 Å². The van der Waals surface area contributed by atoms with Gasteiger partial charge in [-0.1, -0.05) is 18.2 Å². The predicted octanol–water partition coefficient (Wildman–Crippen LogP) is 2.61. The van der Waals surface area contributed by atoms with Gasteiger partial charge in [-0.05, 0) is 54.7 Å². The predicted molar refractivity (Wildman–Crippen MR) is 93.8 cm³/mol. The fourth-order valence-electron chi connectivity index (χ4n) is 3.14. The van der Waals surface area contributed by atoms with E-state index >= 15 is 0 Å². The molecular formula is C20H24N2O2. The second kappa shape index (κ2) is 7.58. The molecule has 0 saturated carbocycles. The molecule has 1 aromatic heterocycles. The largest absolute Gasteiger partial charge is 0.379 e. The van der Waals surface area contributed by atoms with Crippen molar-refractivity contribution in [2.24, 2.45) is 5.92 Å². The van der Waals surface area contributed by atoms with Crippen LogP contribution in [0, 0.1) is 19.8 Å². The highest BCUT2D eigenvalue weighted by molar-refractivity contribution is 5.79. The highest BCUT2D eigenvalue weighted by atomic mass is 16.5. The van der Waals surface area contributed by atoms with Gasteiger partial charge in [-0.25, -0.2) is 0 Å². The lowest BCUT2D eigenvalue weighted by Gasteiger charge is -2.19. The number of ether oxygens (including phenoxy) is 1. The Morgan fingerprint density at radius 3 is 2.67 bits per heavy atom. The first-order valence-corrected chi connectivity index (χ1v) is 8.44. The van der Waals surface area contributed by atoms with Crippen LogP contribution in [0.5, 0.6) is 0 Å². The third-order valence-electron chi connectivity index (χ3n) is 4.73. The van der Waals surface area contributed by atoms with Gasteiger partial charge in [0.05, 0.1) is 25.7 Å². The zero-order valence-corrected chi connectivity index (χ0v) is 14.3. The molecule has 1 fully saturated rings. The Bertz CT molecular complexity index is 700. The molecule has 1 N–H and O–H groups in total. The van der Waals surface area contributed by atoms with E-state index in [2.05, 4.69) is 36.3 Å². The first-order chi connectivity index (χ1) is 11.6. The second-order valence-electron chi connectivity index (χ2n) is 6.63. The van der Waals surface area contributed by atoms with Crippen LogP contribution < -0.4 is 5.32 Å². The number of hydrogen-bond donors (Lipinski definition) is 1. The Hall–Kier alpha value is -2.20. The Kier molecular flexibility index (Phi) is 5.26. The van der Waals surface area contributed by atoms with Gasteiger partial charge >= 0.3 is 0 Å². The number of nitrogens with zero attached hydrogens (tertiary/aromatic N) is 1. The number of rotatable bonds is 5. The molecule has 1 saturated heterocycles. The number of aromatic nitrogens is 1. The molecule has 2 aromatic rings. The normalized spacial score (nSPS) is 20.1. The number of carbonyl (C=O) groups is 1. The monoisotopic (exact) mass is 324 g/mol. The van der Waals surface area contributed by atoms with Gasteiger partial charge in [0.25, 0.3) is 0 Å². The summed E-state index contributed by atoms with van der Waals surface area (Å²) in [4.78, 5) is 16.4. The van der Waals surface area contributed by atoms with Crippen LogP contribution in [0.1, 0.15) is 22.3 Å². The zero-order chi connectivity index (χ0) is 16.9. The number of carbonyl (C=O) groups excluding carboxylic acids is 1. The molecule has 0 radical (unpaired) electrons. The fraction of sp³-hybridized carbons (Fsp3) is 0.400. The molecule has 1 aliphatic heterocycles. The summed E-state index contributed by atoms with van der Waals surface area (Å²) >= 11 is 0. The maximum atomic E-state index is 12.4. The van der Waals surface area contributed by atoms with E-state index in [1.54, 1.807) is 12.4 Å². The van der Waals surface area contributed by atoms with Crippen LogP contribution in [-0.4, -0.2) is 30.1 Å². The molecule has 1 aromatic carbocycles. The fourth-order valence-corrected chi connectivity index (χ4v) is 3.14. The third-order valence-corrected chi connectivity index (χ3v) is 4.73. The van der Waals surface area contributed by atoms with Crippen LogP contribution >= 0.6 is 0 Å². The molecule has 4 heteroatoms. The van der Waals surface area contributed by atoms with Gasteiger partial charge in [-0.2, -0.15) is 0 Å². The summed E-state index contributed by atoms with van der Waals surface area (Å²) in [5.41, 5.74) is 4.76. The molecule has 126 valence electrons. The van der Waals surface area contributed by atoms with E-state index in [9.17, 15) is 4.79 Å². The van der Waals surface area contributed by atoms with Crippen molar-refractivity contribution >= 4 is 5.91 Å². The summed E-state index contributed by atoms with van der Waals surface area (Å²) in [5, 5.41) is 3.15. The molecule has 2 atom stereocenters. The quantitative estimate of drug-likeness (QED) is 0.920.